The first-order valence-corrected chi connectivity index (χ1v) is 8.66. The first-order chi connectivity index (χ1) is 10.8. The number of carbonyl (C=O) groups is 2. The number of hydrogen-bond donors (Lipinski definition) is 0. The van der Waals surface area contributed by atoms with Crippen molar-refractivity contribution in [3.05, 3.63) is 24.3 Å². The van der Waals surface area contributed by atoms with E-state index in [-0.39, 0.29) is 18.9 Å². The third kappa shape index (κ3) is 3.44. The lowest BCUT2D eigenvalue weighted by Gasteiger charge is -2.19. The minimum absolute atomic E-state index is 0.0147. The van der Waals surface area contributed by atoms with Crippen LogP contribution in [0.1, 0.15) is 6.42 Å². The summed E-state index contributed by atoms with van der Waals surface area (Å²) in [5.74, 6) is -1.49. The molecule has 2 heterocycles. The molecule has 0 aromatic heterocycles. The van der Waals surface area contributed by atoms with Crippen LogP contribution in [0.3, 0.4) is 0 Å². The number of rotatable bonds is 4. The molecule has 2 amide bonds. The fourth-order valence-corrected chi connectivity index (χ4v) is 3.67. The molecule has 1 aromatic rings. The zero-order chi connectivity index (χ0) is 16.6. The Balaban J connectivity index is 1.79. The number of amides is 2. The number of carbonyl (C=O) groups excluding carboxylic acids is 2. The van der Waals surface area contributed by atoms with Gasteiger partial charge in [0.05, 0.1) is 12.3 Å². The second-order valence-electron chi connectivity index (χ2n) is 5.57. The molecule has 3 rings (SSSR count). The second-order valence-corrected chi connectivity index (χ2v) is 6.98. The van der Waals surface area contributed by atoms with E-state index in [0.29, 0.717) is 24.5 Å². The Labute approximate surface area is 132 Å². The van der Waals surface area contributed by atoms with E-state index in [1.54, 1.807) is 24.3 Å². The van der Waals surface area contributed by atoms with Crippen molar-refractivity contribution in [3.8, 4) is 0 Å². The molecule has 1 atom stereocenters. The topological polar surface area (TPSA) is 84.0 Å². The van der Waals surface area contributed by atoms with E-state index in [1.165, 1.54) is 9.80 Å². The Kier molecular flexibility index (Phi) is 3.97. The maximum Gasteiger partial charge on any atom is 0.414 e. The third-order valence-corrected chi connectivity index (χ3v) is 4.72. The Morgan fingerprint density at radius 3 is 2.52 bits per heavy atom. The number of ether oxygens (including phenoxy) is 1. The molecule has 2 aliphatic rings. The molecular weight excluding hydrogens is 327 g/mol. The summed E-state index contributed by atoms with van der Waals surface area (Å²) < 4.78 is 39.2. The fraction of sp³-hybridized carbons (Fsp3) is 0.429. The smallest absolute Gasteiger partial charge is 0.414 e. The highest BCUT2D eigenvalue weighted by molar-refractivity contribution is 7.86. The molecule has 0 aliphatic carbocycles. The maximum atomic E-state index is 12.8. The minimum atomic E-state index is -4.61. The Bertz CT molecular complexity index is 751. The summed E-state index contributed by atoms with van der Waals surface area (Å²) in [6, 6.07) is 6.77. The van der Waals surface area contributed by atoms with Crippen molar-refractivity contribution in [2.24, 2.45) is 5.92 Å². The summed E-state index contributed by atoms with van der Waals surface area (Å²) in [4.78, 5) is 26.5. The van der Waals surface area contributed by atoms with E-state index < -0.39 is 28.0 Å². The van der Waals surface area contributed by atoms with Gasteiger partial charge in [0.25, 0.3) is 0 Å². The lowest BCUT2D eigenvalue weighted by atomic mass is 10.1. The van der Waals surface area contributed by atoms with Crippen molar-refractivity contribution in [2.45, 2.75) is 6.42 Å². The highest BCUT2D eigenvalue weighted by Crippen LogP contribution is 2.30. The Hall–Kier alpha value is -2.16. The van der Waals surface area contributed by atoms with Gasteiger partial charge in [-0.1, -0.05) is 6.07 Å². The van der Waals surface area contributed by atoms with E-state index in [1.807, 2.05) is 0 Å². The summed E-state index contributed by atoms with van der Waals surface area (Å²) in [7, 11) is -4.61. The molecule has 1 unspecified atom stereocenters. The highest BCUT2D eigenvalue weighted by atomic mass is 32.3. The quantitative estimate of drug-likeness (QED) is 0.770. The second kappa shape index (κ2) is 5.80. The average molecular weight is 342 g/mol. The molecule has 2 saturated heterocycles. The van der Waals surface area contributed by atoms with Crippen molar-refractivity contribution >= 4 is 33.6 Å². The van der Waals surface area contributed by atoms with Crippen molar-refractivity contribution in [3.63, 3.8) is 0 Å². The van der Waals surface area contributed by atoms with E-state index >= 15 is 0 Å². The van der Waals surface area contributed by atoms with E-state index in [2.05, 4.69) is 0 Å². The predicted molar refractivity (Wildman–Crippen MR) is 80.5 cm³/mol. The van der Waals surface area contributed by atoms with Crippen LogP contribution in [-0.2, 0) is 19.8 Å². The van der Waals surface area contributed by atoms with Crippen LogP contribution in [0, 0.1) is 5.92 Å². The average Bonchev–Trinajstić information content (AvgIpc) is 3.03. The van der Waals surface area contributed by atoms with Crippen molar-refractivity contribution in [1.29, 1.82) is 0 Å². The lowest BCUT2D eigenvalue weighted by Crippen LogP contribution is -2.27. The largest absolute Gasteiger partial charge is 0.447 e. The summed E-state index contributed by atoms with van der Waals surface area (Å²) >= 11 is 0. The van der Waals surface area contributed by atoms with Gasteiger partial charge in [-0.15, -0.1) is 3.89 Å². The monoisotopic (exact) mass is 342 g/mol. The molecule has 0 bridgehead atoms. The van der Waals surface area contributed by atoms with E-state index in [9.17, 15) is 21.9 Å². The van der Waals surface area contributed by atoms with Crippen LogP contribution in [0.15, 0.2) is 24.3 Å². The highest BCUT2D eigenvalue weighted by Gasteiger charge is 2.34. The van der Waals surface area contributed by atoms with Gasteiger partial charge < -0.3 is 9.64 Å². The SMILES string of the molecule is O=C1CC(CS(=O)(=O)F)CN1c1cccc(N2CCOC2=O)c1. The van der Waals surface area contributed by atoms with Gasteiger partial charge in [-0.2, -0.15) is 8.42 Å². The standard InChI is InChI=1S/C14H15FN2O5S/c15-23(20,21)9-10-6-13(18)17(8-10)12-3-1-2-11(7-12)16-4-5-22-14(16)19/h1-3,7,10H,4-6,8-9H2. The van der Waals surface area contributed by atoms with E-state index in [0.717, 1.165) is 0 Å². The van der Waals surface area contributed by atoms with Crippen molar-refractivity contribution in [2.75, 3.05) is 35.2 Å². The molecule has 2 aliphatic heterocycles. The lowest BCUT2D eigenvalue weighted by molar-refractivity contribution is -0.117. The van der Waals surface area contributed by atoms with Crippen molar-refractivity contribution in [1.82, 2.24) is 0 Å². The molecular formula is C14H15FN2O5S. The Morgan fingerprint density at radius 1 is 1.22 bits per heavy atom. The normalized spacial score (nSPS) is 21.9. The summed E-state index contributed by atoms with van der Waals surface area (Å²) in [5.41, 5.74) is 1.14. The van der Waals surface area contributed by atoms with Gasteiger partial charge in [-0.25, -0.2) is 4.79 Å². The summed E-state index contributed by atoms with van der Waals surface area (Å²) in [5, 5.41) is 0. The van der Waals surface area contributed by atoms with Crippen LogP contribution in [0.2, 0.25) is 0 Å². The molecule has 0 saturated carbocycles. The van der Waals surface area contributed by atoms with Crippen LogP contribution in [0.4, 0.5) is 20.1 Å². The fourth-order valence-electron chi connectivity index (χ4n) is 2.88. The van der Waals surface area contributed by atoms with Gasteiger partial charge in [0.15, 0.2) is 0 Å². The number of anilines is 2. The summed E-state index contributed by atoms with van der Waals surface area (Å²) in [6.45, 7) is 0.872. The number of nitrogens with zero attached hydrogens (tertiary/aromatic N) is 2. The number of benzene rings is 1. The molecule has 124 valence electrons. The van der Waals surface area contributed by atoms with Crippen LogP contribution >= 0.6 is 0 Å². The third-order valence-electron chi connectivity index (χ3n) is 3.85. The molecule has 23 heavy (non-hydrogen) atoms. The van der Waals surface area contributed by atoms with Gasteiger partial charge in [0.1, 0.15) is 6.61 Å². The van der Waals surface area contributed by atoms with Gasteiger partial charge in [0, 0.05) is 30.3 Å². The maximum absolute atomic E-state index is 12.8. The van der Waals surface area contributed by atoms with Gasteiger partial charge in [-0.05, 0) is 18.2 Å². The molecule has 0 spiro atoms. The van der Waals surface area contributed by atoms with Gasteiger partial charge >= 0.3 is 16.3 Å². The van der Waals surface area contributed by atoms with Crippen molar-refractivity contribution < 1.29 is 26.6 Å². The minimum Gasteiger partial charge on any atom is -0.447 e. The number of cyclic esters (lactones) is 1. The molecule has 0 N–H and O–H groups in total. The number of halogens is 1. The predicted octanol–water partition coefficient (Wildman–Crippen LogP) is 1.30. The van der Waals surface area contributed by atoms with Crippen LogP contribution in [0.25, 0.3) is 0 Å². The Morgan fingerprint density at radius 2 is 1.91 bits per heavy atom. The van der Waals surface area contributed by atoms with Gasteiger partial charge in [-0.3, -0.25) is 9.69 Å². The molecule has 9 heteroatoms. The molecule has 2 fully saturated rings. The zero-order valence-electron chi connectivity index (χ0n) is 12.1. The van der Waals surface area contributed by atoms with Gasteiger partial charge in [0.2, 0.25) is 5.91 Å². The van der Waals surface area contributed by atoms with E-state index in [4.69, 9.17) is 4.74 Å². The zero-order valence-corrected chi connectivity index (χ0v) is 13.0. The first-order valence-electron chi connectivity index (χ1n) is 7.10. The molecule has 7 nitrogen and oxygen atoms in total. The van der Waals surface area contributed by atoms with Crippen LogP contribution in [0.5, 0.6) is 0 Å². The molecule has 1 aromatic carbocycles. The summed E-state index contributed by atoms with van der Waals surface area (Å²) in [6.07, 6.45) is -0.463. The number of hydrogen-bond acceptors (Lipinski definition) is 5. The molecule has 0 radical (unpaired) electrons. The van der Waals surface area contributed by atoms with Crippen LogP contribution in [-0.4, -0.2) is 45.9 Å². The first kappa shape index (κ1) is 15.7. The van der Waals surface area contributed by atoms with Crippen LogP contribution < -0.4 is 9.80 Å².